The Morgan fingerprint density at radius 1 is 1.09 bits per heavy atom. The number of rotatable bonds is 8. The van der Waals surface area contributed by atoms with Crippen LogP contribution < -0.4 is 10.0 Å². The molecule has 23 heavy (non-hydrogen) atoms. The van der Waals surface area contributed by atoms with Crippen molar-refractivity contribution in [3.8, 4) is 5.75 Å². The van der Waals surface area contributed by atoms with Crippen LogP contribution in [0.25, 0.3) is 0 Å². The fraction of sp³-hybridized carbons (Fsp3) is 0.294. The van der Waals surface area contributed by atoms with Crippen LogP contribution in [0.15, 0.2) is 54.6 Å². The molecule has 2 rings (SSSR count). The van der Waals surface area contributed by atoms with E-state index in [4.69, 9.17) is 4.74 Å². The largest absolute Gasteiger partial charge is 0.486 e. The third-order valence-corrected chi connectivity index (χ3v) is 6.41. The summed E-state index contributed by atoms with van der Waals surface area (Å²) in [7, 11) is -2.64. The average molecular weight is 333 g/mol. The first kappa shape index (κ1) is 17.2. The summed E-state index contributed by atoms with van der Waals surface area (Å²) in [6.07, 6.45) is 2.54. The first-order valence-corrected chi connectivity index (χ1v) is 9.64. The molecule has 122 valence electrons. The molecule has 0 aliphatic carbocycles. The van der Waals surface area contributed by atoms with Crippen LogP contribution in [-0.4, -0.2) is 17.4 Å². The molecule has 0 saturated heterocycles. The zero-order valence-electron chi connectivity index (χ0n) is 13.1. The van der Waals surface area contributed by atoms with Crippen LogP contribution in [0.1, 0.15) is 19.8 Å². The third kappa shape index (κ3) is 4.67. The Balaban J connectivity index is 2.12. The number of non-ortho nitro benzene ring substituents is 1. The van der Waals surface area contributed by atoms with E-state index in [1.54, 1.807) is 0 Å². The highest BCUT2D eigenvalue weighted by molar-refractivity contribution is 7.71. The van der Waals surface area contributed by atoms with Gasteiger partial charge in [-0.25, -0.2) is 0 Å². The van der Waals surface area contributed by atoms with Crippen LogP contribution in [-0.2, 0) is 4.57 Å². The molecular formula is C17H20NO4P. The van der Waals surface area contributed by atoms with Crippen LogP contribution in [0.2, 0.25) is 0 Å². The first-order valence-electron chi connectivity index (χ1n) is 7.56. The van der Waals surface area contributed by atoms with E-state index in [2.05, 4.69) is 6.92 Å². The third-order valence-electron chi connectivity index (χ3n) is 3.59. The van der Waals surface area contributed by atoms with Crippen molar-refractivity contribution >= 4 is 18.1 Å². The van der Waals surface area contributed by atoms with Crippen molar-refractivity contribution in [1.82, 2.24) is 0 Å². The molecule has 0 saturated carbocycles. The fourth-order valence-electron chi connectivity index (χ4n) is 2.22. The van der Waals surface area contributed by atoms with Crippen molar-refractivity contribution < 1.29 is 14.2 Å². The summed E-state index contributed by atoms with van der Waals surface area (Å²) >= 11 is 0. The quantitative estimate of drug-likeness (QED) is 0.407. The lowest BCUT2D eigenvalue weighted by atomic mass is 10.3. The van der Waals surface area contributed by atoms with E-state index in [-0.39, 0.29) is 12.0 Å². The van der Waals surface area contributed by atoms with Crippen molar-refractivity contribution in [2.24, 2.45) is 0 Å². The number of nitro groups is 1. The minimum atomic E-state index is -2.64. The van der Waals surface area contributed by atoms with Gasteiger partial charge in [-0.05, 0) is 18.6 Å². The topological polar surface area (TPSA) is 69.4 Å². The smallest absolute Gasteiger partial charge is 0.269 e. The van der Waals surface area contributed by atoms with Crippen LogP contribution in [0.5, 0.6) is 5.75 Å². The van der Waals surface area contributed by atoms with Gasteiger partial charge in [0.1, 0.15) is 12.1 Å². The molecule has 6 heteroatoms. The molecule has 1 atom stereocenters. The molecule has 0 spiro atoms. The maximum Gasteiger partial charge on any atom is 0.269 e. The SMILES string of the molecule is CCCCP(=O)(COc1ccc([N+](=O)[O-])cc1)c1ccccc1. The number of ether oxygens (including phenoxy) is 1. The summed E-state index contributed by atoms with van der Waals surface area (Å²) in [5.41, 5.74) is 0.00887. The van der Waals surface area contributed by atoms with Crippen LogP contribution in [0, 0.1) is 10.1 Å². The second-order valence-electron chi connectivity index (χ2n) is 5.33. The molecular weight excluding hydrogens is 313 g/mol. The van der Waals surface area contributed by atoms with E-state index in [0.717, 1.165) is 18.1 Å². The first-order chi connectivity index (χ1) is 11.0. The molecule has 0 aliphatic heterocycles. The van der Waals surface area contributed by atoms with Gasteiger partial charge in [-0.2, -0.15) is 0 Å². The lowest BCUT2D eigenvalue weighted by Crippen LogP contribution is -2.14. The second kappa shape index (κ2) is 7.93. The zero-order valence-corrected chi connectivity index (χ0v) is 13.9. The highest BCUT2D eigenvalue weighted by Crippen LogP contribution is 2.45. The van der Waals surface area contributed by atoms with Gasteiger partial charge in [0, 0.05) is 23.6 Å². The second-order valence-corrected chi connectivity index (χ2v) is 8.33. The average Bonchev–Trinajstić information content (AvgIpc) is 2.59. The summed E-state index contributed by atoms with van der Waals surface area (Å²) in [5.74, 6) is 0.489. The van der Waals surface area contributed by atoms with Crippen molar-refractivity contribution in [3.63, 3.8) is 0 Å². The Bertz CT molecular complexity index is 685. The van der Waals surface area contributed by atoms with Crippen molar-refractivity contribution in [2.45, 2.75) is 19.8 Å². The molecule has 1 unspecified atom stereocenters. The molecule has 0 bridgehead atoms. The van der Waals surface area contributed by atoms with Gasteiger partial charge in [0.05, 0.1) is 4.92 Å². The molecule has 0 aliphatic rings. The van der Waals surface area contributed by atoms with Gasteiger partial charge in [-0.1, -0.05) is 43.7 Å². The number of unbranched alkanes of at least 4 members (excludes halogenated alkanes) is 1. The lowest BCUT2D eigenvalue weighted by molar-refractivity contribution is -0.384. The summed E-state index contributed by atoms with van der Waals surface area (Å²) in [6, 6.07) is 15.2. The number of hydrogen-bond acceptors (Lipinski definition) is 4. The van der Waals surface area contributed by atoms with Gasteiger partial charge in [-0.3, -0.25) is 10.1 Å². The van der Waals surface area contributed by atoms with Gasteiger partial charge < -0.3 is 9.30 Å². The van der Waals surface area contributed by atoms with E-state index < -0.39 is 12.1 Å². The minimum Gasteiger partial charge on any atom is -0.486 e. The standard InChI is InChI=1S/C17H20NO4P/c1-2-3-13-23(21,17-7-5-4-6-8-17)14-22-16-11-9-15(10-12-16)18(19)20/h4-12H,2-3,13-14H2,1H3. The number of nitrogens with zero attached hydrogens (tertiary/aromatic N) is 1. The highest BCUT2D eigenvalue weighted by atomic mass is 31.2. The Kier molecular flexibility index (Phi) is 5.94. The summed E-state index contributed by atoms with van der Waals surface area (Å²) in [4.78, 5) is 10.2. The van der Waals surface area contributed by atoms with Crippen molar-refractivity contribution in [1.29, 1.82) is 0 Å². The zero-order chi connectivity index (χ0) is 16.7. The molecule has 5 nitrogen and oxygen atoms in total. The van der Waals surface area contributed by atoms with E-state index in [1.807, 2.05) is 30.3 Å². The van der Waals surface area contributed by atoms with Crippen LogP contribution in [0.3, 0.4) is 0 Å². The Hall–Kier alpha value is -2.13. The minimum absolute atomic E-state index is 0.00887. The van der Waals surface area contributed by atoms with Gasteiger partial charge in [0.2, 0.25) is 0 Å². The molecule has 0 N–H and O–H groups in total. The molecule has 0 radical (unpaired) electrons. The summed E-state index contributed by atoms with van der Waals surface area (Å²) in [5, 5.41) is 11.5. The van der Waals surface area contributed by atoms with E-state index in [9.17, 15) is 14.7 Å². The molecule has 0 amide bonds. The van der Waals surface area contributed by atoms with Gasteiger partial charge in [0.25, 0.3) is 5.69 Å². The van der Waals surface area contributed by atoms with Crippen LogP contribution in [0.4, 0.5) is 5.69 Å². The maximum absolute atomic E-state index is 13.3. The lowest BCUT2D eigenvalue weighted by Gasteiger charge is -2.19. The molecule has 2 aromatic rings. The van der Waals surface area contributed by atoms with Crippen LogP contribution >= 0.6 is 7.14 Å². The fourth-order valence-corrected chi connectivity index (χ4v) is 4.66. The van der Waals surface area contributed by atoms with Gasteiger partial charge >= 0.3 is 0 Å². The van der Waals surface area contributed by atoms with Crippen molar-refractivity contribution in [3.05, 3.63) is 64.7 Å². The van der Waals surface area contributed by atoms with E-state index in [1.165, 1.54) is 24.3 Å². The molecule has 0 fully saturated rings. The highest BCUT2D eigenvalue weighted by Gasteiger charge is 2.25. The normalized spacial score (nSPS) is 13.3. The Labute approximate surface area is 135 Å². The predicted molar refractivity (Wildman–Crippen MR) is 92.0 cm³/mol. The number of nitro benzene ring substituents is 1. The molecule has 0 aromatic heterocycles. The molecule has 0 heterocycles. The summed E-state index contributed by atoms with van der Waals surface area (Å²) < 4.78 is 19.0. The number of benzene rings is 2. The van der Waals surface area contributed by atoms with E-state index >= 15 is 0 Å². The monoisotopic (exact) mass is 333 g/mol. The van der Waals surface area contributed by atoms with Gasteiger partial charge in [-0.15, -0.1) is 0 Å². The van der Waals surface area contributed by atoms with E-state index in [0.29, 0.717) is 11.9 Å². The summed E-state index contributed by atoms with van der Waals surface area (Å²) in [6.45, 7) is 2.06. The number of hydrogen-bond donors (Lipinski definition) is 0. The molecule has 2 aromatic carbocycles. The van der Waals surface area contributed by atoms with Gasteiger partial charge in [0.15, 0.2) is 7.14 Å². The maximum atomic E-state index is 13.3. The van der Waals surface area contributed by atoms with Crippen molar-refractivity contribution in [2.75, 3.05) is 12.5 Å². The Morgan fingerprint density at radius 3 is 2.30 bits per heavy atom. The Morgan fingerprint density at radius 2 is 1.74 bits per heavy atom. The predicted octanol–water partition coefficient (Wildman–Crippen LogP) is 4.42.